The molecule has 0 radical (unpaired) electrons. The van der Waals surface area contributed by atoms with E-state index in [4.69, 9.17) is 4.74 Å². The normalized spacial score (nSPS) is 20.3. The molecule has 26 heavy (non-hydrogen) atoms. The Hall–Kier alpha value is -2.11. The number of rotatable bonds is 5. The summed E-state index contributed by atoms with van der Waals surface area (Å²) in [5, 5.41) is 14.2. The van der Waals surface area contributed by atoms with E-state index in [0.717, 1.165) is 35.8 Å². The molecular weight excluding hydrogens is 390 g/mol. The molecule has 0 spiro atoms. The number of nitrogens with one attached hydrogen (secondary N) is 1. The Morgan fingerprint density at radius 1 is 1.31 bits per heavy atom. The summed E-state index contributed by atoms with van der Waals surface area (Å²) in [6, 6.07) is 3.94. The van der Waals surface area contributed by atoms with Crippen molar-refractivity contribution in [1.29, 1.82) is 0 Å². The molecule has 11 heteroatoms. The first-order chi connectivity index (χ1) is 12.2. The van der Waals surface area contributed by atoms with Gasteiger partial charge in [0.25, 0.3) is 0 Å². The summed E-state index contributed by atoms with van der Waals surface area (Å²) in [5.41, 5.74) is 0.0350. The zero-order chi connectivity index (χ0) is 19.1. The minimum absolute atomic E-state index is 0.0820. The van der Waals surface area contributed by atoms with Crippen molar-refractivity contribution in [3.63, 3.8) is 0 Å². The van der Waals surface area contributed by atoms with Crippen molar-refractivity contribution in [3.05, 3.63) is 51.6 Å². The van der Waals surface area contributed by atoms with Crippen LogP contribution >= 0.6 is 11.3 Å². The lowest BCUT2D eigenvalue weighted by molar-refractivity contribution is -0.383. The van der Waals surface area contributed by atoms with Crippen LogP contribution in [0.3, 0.4) is 0 Å². The molecule has 0 amide bonds. The van der Waals surface area contributed by atoms with E-state index in [1.807, 2.05) is 0 Å². The van der Waals surface area contributed by atoms with Gasteiger partial charge in [-0.1, -0.05) is 17.4 Å². The molecular formula is C15H14F2N2O5S2. The predicted octanol–water partition coefficient (Wildman–Crippen LogP) is 3.28. The molecule has 2 atom stereocenters. The van der Waals surface area contributed by atoms with Crippen LogP contribution in [0, 0.1) is 21.7 Å². The second-order valence-electron chi connectivity index (χ2n) is 5.81. The third-order valence-electron chi connectivity index (χ3n) is 3.93. The number of hydrogen-bond acceptors (Lipinski definition) is 7. The molecule has 1 aliphatic rings. The maximum absolute atomic E-state index is 13.5. The quantitative estimate of drug-likeness (QED) is 0.607. The summed E-state index contributed by atoms with van der Waals surface area (Å²) in [6.07, 6.45) is 0.788. The van der Waals surface area contributed by atoms with Crippen LogP contribution < -0.4 is 5.32 Å². The minimum Gasteiger partial charge on any atom is -0.371 e. The summed E-state index contributed by atoms with van der Waals surface area (Å²) in [7, 11) is -3.60. The highest BCUT2D eigenvalue weighted by Gasteiger charge is 2.33. The molecule has 3 rings (SSSR count). The van der Waals surface area contributed by atoms with E-state index in [9.17, 15) is 27.3 Å². The van der Waals surface area contributed by atoms with Crippen molar-refractivity contribution < 1.29 is 26.9 Å². The van der Waals surface area contributed by atoms with E-state index < -0.39 is 38.5 Å². The second kappa shape index (κ2) is 6.89. The summed E-state index contributed by atoms with van der Waals surface area (Å²) < 4.78 is 55.4. The van der Waals surface area contributed by atoms with Crippen LogP contribution in [-0.4, -0.2) is 32.2 Å². The van der Waals surface area contributed by atoms with Crippen molar-refractivity contribution >= 4 is 31.9 Å². The third-order valence-corrected chi connectivity index (χ3v) is 6.79. The maximum Gasteiger partial charge on any atom is 0.304 e. The Labute approximate surface area is 151 Å². The van der Waals surface area contributed by atoms with Crippen LogP contribution in [0.4, 0.5) is 19.5 Å². The number of thiophene rings is 1. The van der Waals surface area contributed by atoms with Gasteiger partial charge in [-0.05, 0) is 24.1 Å². The van der Waals surface area contributed by atoms with Gasteiger partial charge in [-0.3, -0.25) is 10.1 Å². The molecule has 2 heterocycles. The molecule has 7 nitrogen and oxygen atoms in total. The summed E-state index contributed by atoms with van der Waals surface area (Å²) in [4.78, 5) is 10.6. The number of nitrogens with zero attached hydrogens (tertiary/aromatic N) is 1. The lowest BCUT2D eigenvalue weighted by Gasteiger charge is -2.20. The Morgan fingerprint density at radius 3 is 2.65 bits per heavy atom. The van der Waals surface area contributed by atoms with Crippen LogP contribution in [0.5, 0.6) is 0 Å². The summed E-state index contributed by atoms with van der Waals surface area (Å²) in [6.45, 7) is 0.319. The van der Waals surface area contributed by atoms with E-state index in [0.29, 0.717) is 18.6 Å². The average Bonchev–Trinajstić information content (AvgIpc) is 3.17. The van der Waals surface area contributed by atoms with Crippen LogP contribution in [0.1, 0.15) is 18.1 Å². The number of sulfone groups is 1. The zero-order valence-corrected chi connectivity index (χ0v) is 15.1. The molecule has 0 aliphatic carbocycles. The molecule has 2 aromatic rings. The molecule has 1 fully saturated rings. The summed E-state index contributed by atoms with van der Waals surface area (Å²) in [5.74, 6) is -2.00. The SMILES string of the molecule is CS(=O)(=O)c1cc([N+](=O)[O-])c(NC2CCOC2c2ccc(F)c(F)c2)s1. The van der Waals surface area contributed by atoms with Gasteiger partial charge < -0.3 is 10.1 Å². The van der Waals surface area contributed by atoms with Crippen molar-refractivity contribution in [2.24, 2.45) is 0 Å². The standard InChI is InChI=1S/C15H14F2N2O5S2/c1-26(22,23)13-7-12(19(20)21)15(25-13)18-11-4-5-24-14(11)8-2-3-9(16)10(17)6-8/h2-3,6-7,11,14,18H,4-5H2,1H3. The molecule has 0 bridgehead atoms. The van der Waals surface area contributed by atoms with Crippen LogP contribution in [0.2, 0.25) is 0 Å². The van der Waals surface area contributed by atoms with Gasteiger partial charge in [0.1, 0.15) is 10.3 Å². The first kappa shape index (κ1) is 18.7. The molecule has 1 aromatic carbocycles. The topological polar surface area (TPSA) is 98.5 Å². The van der Waals surface area contributed by atoms with E-state index in [1.54, 1.807) is 0 Å². The minimum atomic E-state index is -3.60. The lowest BCUT2D eigenvalue weighted by Crippen LogP contribution is -2.23. The number of anilines is 1. The Bertz CT molecular complexity index is 961. The smallest absolute Gasteiger partial charge is 0.304 e. The van der Waals surface area contributed by atoms with Crippen molar-refractivity contribution in [1.82, 2.24) is 0 Å². The Morgan fingerprint density at radius 2 is 2.04 bits per heavy atom. The maximum atomic E-state index is 13.5. The molecule has 1 saturated heterocycles. The largest absolute Gasteiger partial charge is 0.371 e. The fourth-order valence-electron chi connectivity index (χ4n) is 2.70. The van der Waals surface area contributed by atoms with Crippen molar-refractivity contribution in [2.75, 3.05) is 18.2 Å². The van der Waals surface area contributed by atoms with Crippen molar-refractivity contribution in [3.8, 4) is 0 Å². The molecule has 2 unspecified atom stereocenters. The van der Waals surface area contributed by atoms with E-state index in [2.05, 4.69) is 5.32 Å². The second-order valence-corrected chi connectivity index (χ2v) is 9.11. The van der Waals surface area contributed by atoms with Crippen LogP contribution in [0.25, 0.3) is 0 Å². The van der Waals surface area contributed by atoms with Gasteiger partial charge in [-0.15, -0.1) is 0 Å². The summed E-state index contributed by atoms with van der Waals surface area (Å²) >= 11 is 0.754. The van der Waals surface area contributed by atoms with Gasteiger partial charge in [-0.2, -0.15) is 0 Å². The van der Waals surface area contributed by atoms with E-state index in [-0.39, 0.29) is 14.9 Å². The fourth-order valence-corrected chi connectivity index (χ4v) is 4.71. The van der Waals surface area contributed by atoms with Crippen molar-refractivity contribution in [2.45, 2.75) is 22.8 Å². The third kappa shape index (κ3) is 3.69. The van der Waals surface area contributed by atoms with E-state index in [1.165, 1.54) is 6.07 Å². The van der Waals surface area contributed by atoms with Gasteiger partial charge in [0, 0.05) is 18.9 Å². The zero-order valence-electron chi connectivity index (χ0n) is 13.4. The molecule has 1 aliphatic heterocycles. The van der Waals surface area contributed by atoms with Gasteiger partial charge in [0.2, 0.25) is 0 Å². The van der Waals surface area contributed by atoms with E-state index >= 15 is 0 Å². The van der Waals surface area contributed by atoms with Gasteiger partial charge >= 0.3 is 5.69 Å². The lowest BCUT2D eigenvalue weighted by atomic mass is 10.0. The van der Waals surface area contributed by atoms with Gasteiger partial charge in [0.15, 0.2) is 26.5 Å². The molecule has 140 valence electrons. The highest BCUT2D eigenvalue weighted by molar-refractivity contribution is 7.92. The highest BCUT2D eigenvalue weighted by Crippen LogP contribution is 2.40. The van der Waals surface area contributed by atoms with Gasteiger partial charge in [0.05, 0.1) is 11.0 Å². The Balaban J connectivity index is 1.91. The van der Waals surface area contributed by atoms with Crippen LogP contribution in [-0.2, 0) is 14.6 Å². The number of ether oxygens (including phenoxy) is 1. The number of benzene rings is 1. The molecule has 0 saturated carbocycles. The fraction of sp³-hybridized carbons (Fsp3) is 0.333. The first-order valence-corrected chi connectivity index (χ1v) is 10.2. The van der Waals surface area contributed by atoms with Crippen LogP contribution in [0.15, 0.2) is 28.5 Å². The molecule has 1 N–H and O–H groups in total. The first-order valence-electron chi connectivity index (χ1n) is 7.48. The monoisotopic (exact) mass is 404 g/mol. The molecule has 1 aromatic heterocycles. The number of halogens is 2. The predicted molar refractivity (Wildman–Crippen MR) is 91.2 cm³/mol. The Kier molecular flexibility index (Phi) is 4.95. The highest BCUT2D eigenvalue weighted by atomic mass is 32.2. The average molecular weight is 404 g/mol. The number of nitro groups is 1. The van der Waals surface area contributed by atoms with Gasteiger partial charge in [-0.25, -0.2) is 17.2 Å². The number of hydrogen-bond donors (Lipinski definition) is 1.